The molecule has 1 rings (SSSR count). The van der Waals surface area contributed by atoms with Gasteiger partial charge in [0.25, 0.3) is 0 Å². The number of nitrogens with zero attached hydrogens (tertiary/aromatic N) is 2. The first kappa shape index (κ1) is 12.7. The molecule has 1 N–H and O–H groups in total. The van der Waals surface area contributed by atoms with E-state index >= 15 is 0 Å². The summed E-state index contributed by atoms with van der Waals surface area (Å²) in [4.78, 5) is 10.8. The van der Waals surface area contributed by atoms with E-state index < -0.39 is 5.97 Å². The Morgan fingerprint density at radius 1 is 1.44 bits per heavy atom. The molecule has 0 aromatic carbocycles. The average Bonchev–Trinajstić information content (AvgIpc) is 2.49. The van der Waals surface area contributed by atoms with Crippen molar-refractivity contribution in [3.8, 4) is 0 Å². The third-order valence-electron chi connectivity index (χ3n) is 2.70. The summed E-state index contributed by atoms with van der Waals surface area (Å²) in [5.74, 6) is -0.552. The molecule has 0 aliphatic carbocycles. The molecule has 1 aromatic heterocycles. The van der Waals surface area contributed by atoms with Crippen molar-refractivity contribution in [2.75, 3.05) is 0 Å². The molecule has 0 radical (unpaired) electrons. The zero-order valence-corrected chi connectivity index (χ0v) is 10.4. The van der Waals surface area contributed by atoms with Crippen molar-refractivity contribution in [2.24, 2.45) is 18.9 Å². The smallest absolute Gasteiger partial charge is 0.306 e. The monoisotopic (exact) mass is 224 g/mol. The summed E-state index contributed by atoms with van der Waals surface area (Å²) >= 11 is 0. The highest BCUT2D eigenvalue weighted by molar-refractivity contribution is 5.69. The lowest BCUT2D eigenvalue weighted by Crippen LogP contribution is -2.14. The van der Waals surface area contributed by atoms with E-state index in [1.165, 1.54) is 0 Å². The Kier molecular flexibility index (Phi) is 4.10. The molecule has 1 unspecified atom stereocenters. The Morgan fingerprint density at radius 3 is 2.56 bits per heavy atom. The summed E-state index contributed by atoms with van der Waals surface area (Å²) in [6.07, 6.45) is 3.29. The molecule has 0 aliphatic rings. The lowest BCUT2D eigenvalue weighted by molar-refractivity contribution is -0.141. The van der Waals surface area contributed by atoms with Gasteiger partial charge in [0.15, 0.2) is 0 Å². The van der Waals surface area contributed by atoms with Gasteiger partial charge in [0.2, 0.25) is 0 Å². The SMILES string of the molecule is CC(C)Cc1c(CC(C)C(=O)O)cnn1C. The fourth-order valence-corrected chi connectivity index (χ4v) is 1.75. The minimum absolute atomic E-state index is 0.352. The van der Waals surface area contributed by atoms with Crippen LogP contribution >= 0.6 is 0 Å². The van der Waals surface area contributed by atoms with Gasteiger partial charge in [-0.3, -0.25) is 9.48 Å². The van der Waals surface area contributed by atoms with E-state index in [2.05, 4.69) is 18.9 Å². The van der Waals surface area contributed by atoms with Crippen LogP contribution in [0.1, 0.15) is 32.0 Å². The maximum absolute atomic E-state index is 10.8. The zero-order chi connectivity index (χ0) is 12.3. The highest BCUT2D eigenvalue weighted by Crippen LogP contribution is 2.17. The summed E-state index contributed by atoms with van der Waals surface area (Å²) in [6.45, 7) is 6.03. The number of carboxylic acids is 1. The second-order valence-electron chi connectivity index (χ2n) is 4.78. The summed E-state index contributed by atoms with van der Waals surface area (Å²) in [6, 6.07) is 0. The maximum Gasteiger partial charge on any atom is 0.306 e. The van der Waals surface area contributed by atoms with Gasteiger partial charge in [0.05, 0.1) is 12.1 Å². The Bertz CT molecular complexity index is 369. The van der Waals surface area contributed by atoms with Crippen molar-refractivity contribution >= 4 is 5.97 Å². The van der Waals surface area contributed by atoms with E-state index in [-0.39, 0.29) is 5.92 Å². The molecule has 1 aromatic rings. The minimum atomic E-state index is -0.751. The van der Waals surface area contributed by atoms with Gasteiger partial charge < -0.3 is 5.11 Å². The Balaban J connectivity index is 2.84. The van der Waals surface area contributed by atoms with Crippen LogP contribution in [0.4, 0.5) is 0 Å². The molecule has 0 aliphatic heterocycles. The number of hydrogen-bond acceptors (Lipinski definition) is 2. The van der Waals surface area contributed by atoms with Crippen LogP contribution in [0.15, 0.2) is 6.20 Å². The van der Waals surface area contributed by atoms with Crippen LogP contribution in [-0.2, 0) is 24.7 Å². The van der Waals surface area contributed by atoms with Crippen molar-refractivity contribution < 1.29 is 9.90 Å². The molecule has 1 heterocycles. The van der Waals surface area contributed by atoms with Gasteiger partial charge in [-0.05, 0) is 24.3 Å². The predicted molar refractivity (Wildman–Crippen MR) is 62.3 cm³/mol. The average molecular weight is 224 g/mol. The summed E-state index contributed by atoms with van der Waals surface area (Å²) < 4.78 is 1.85. The van der Waals surface area contributed by atoms with E-state index in [1.807, 2.05) is 11.7 Å². The van der Waals surface area contributed by atoms with Gasteiger partial charge >= 0.3 is 5.97 Å². The van der Waals surface area contributed by atoms with Crippen LogP contribution in [0.3, 0.4) is 0 Å². The zero-order valence-electron chi connectivity index (χ0n) is 10.4. The van der Waals surface area contributed by atoms with Gasteiger partial charge in [0, 0.05) is 12.7 Å². The Labute approximate surface area is 96.3 Å². The Hall–Kier alpha value is -1.32. The summed E-state index contributed by atoms with van der Waals surface area (Å²) in [5.41, 5.74) is 2.22. The molecule has 16 heavy (non-hydrogen) atoms. The molecule has 0 fully saturated rings. The molecule has 4 heteroatoms. The molecule has 90 valence electrons. The quantitative estimate of drug-likeness (QED) is 0.830. The van der Waals surface area contributed by atoms with Gasteiger partial charge in [0.1, 0.15) is 0 Å². The van der Waals surface area contributed by atoms with Crippen molar-refractivity contribution in [2.45, 2.75) is 33.6 Å². The summed E-state index contributed by atoms with van der Waals surface area (Å²) in [7, 11) is 1.91. The summed E-state index contributed by atoms with van der Waals surface area (Å²) in [5, 5.41) is 13.1. The van der Waals surface area contributed by atoms with E-state index in [0.29, 0.717) is 12.3 Å². The molecule has 4 nitrogen and oxygen atoms in total. The van der Waals surface area contributed by atoms with E-state index in [1.54, 1.807) is 13.1 Å². The first-order chi connectivity index (χ1) is 7.41. The second kappa shape index (κ2) is 5.14. The standard InChI is InChI=1S/C12H20N2O2/c1-8(2)5-11-10(7-13-14(11)4)6-9(3)12(15)16/h7-9H,5-6H2,1-4H3,(H,15,16). The number of carbonyl (C=O) groups is 1. The van der Waals surface area contributed by atoms with Crippen LogP contribution in [0.5, 0.6) is 0 Å². The molecule has 0 spiro atoms. The van der Waals surface area contributed by atoms with Crippen LogP contribution in [0.2, 0.25) is 0 Å². The topological polar surface area (TPSA) is 55.1 Å². The van der Waals surface area contributed by atoms with Crippen molar-refractivity contribution in [1.82, 2.24) is 9.78 Å². The van der Waals surface area contributed by atoms with Crippen molar-refractivity contribution in [1.29, 1.82) is 0 Å². The van der Waals surface area contributed by atoms with Crippen LogP contribution < -0.4 is 0 Å². The number of hydrogen-bond donors (Lipinski definition) is 1. The molecule has 0 amide bonds. The van der Waals surface area contributed by atoms with Crippen LogP contribution in [-0.4, -0.2) is 20.9 Å². The number of aryl methyl sites for hydroxylation is 1. The molecule has 0 saturated heterocycles. The maximum atomic E-state index is 10.8. The lowest BCUT2D eigenvalue weighted by atomic mass is 9.98. The molecular weight excluding hydrogens is 204 g/mol. The molecule has 1 atom stereocenters. The fourth-order valence-electron chi connectivity index (χ4n) is 1.75. The number of aromatic nitrogens is 2. The van der Waals surface area contributed by atoms with Crippen molar-refractivity contribution in [3.05, 3.63) is 17.5 Å². The highest BCUT2D eigenvalue weighted by atomic mass is 16.4. The lowest BCUT2D eigenvalue weighted by Gasteiger charge is -2.10. The van der Waals surface area contributed by atoms with E-state index in [9.17, 15) is 4.79 Å². The Morgan fingerprint density at radius 2 is 2.06 bits per heavy atom. The minimum Gasteiger partial charge on any atom is -0.481 e. The van der Waals surface area contributed by atoms with E-state index in [0.717, 1.165) is 17.7 Å². The van der Waals surface area contributed by atoms with Gasteiger partial charge in [-0.25, -0.2) is 0 Å². The molecule has 0 bridgehead atoms. The molecular formula is C12H20N2O2. The first-order valence-electron chi connectivity index (χ1n) is 5.64. The fraction of sp³-hybridized carbons (Fsp3) is 0.667. The molecule has 0 saturated carbocycles. The van der Waals surface area contributed by atoms with Crippen LogP contribution in [0, 0.1) is 11.8 Å². The van der Waals surface area contributed by atoms with Gasteiger partial charge in [-0.2, -0.15) is 5.10 Å². The van der Waals surface area contributed by atoms with Crippen LogP contribution in [0.25, 0.3) is 0 Å². The number of aliphatic carboxylic acids is 1. The second-order valence-corrected chi connectivity index (χ2v) is 4.78. The largest absolute Gasteiger partial charge is 0.481 e. The third-order valence-corrected chi connectivity index (χ3v) is 2.70. The van der Waals surface area contributed by atoms with Gasteiger partial charge in [-0.15, -0.1) is 0 Å². The number of rotatable bonds is 5. The van der Waals surface area contributed by atoms with Gasteiger partial charge in [-0.1, -0.05) is 20.8 Å². The highest BCUT2D eigenvalue weighted by Gasteiger charge is 2.17. The van der Waals surface area contributed by atoms with E-state index in [4.69, 9.17) is 5.11 Å². The van der Waals surface area contributed by atoms with Crippen molar-refractivity contribution in [3.63, 3.8) is 0 Å². The normalized spacial score (nSPS) is 13.1. The number of carboxylic acid groups (broad SMARTS) is 1. The predicted octanol–water partition coefficient (Wildman–Crippen LogP) is 1.88. The third kappa shape index (κ3) is 3.08. The first-order valence-corrected chi connectivity index (χ1v) is 5.64.